The molecule has 2 atom stereocenters. The highest BCUT2D eigenvalue weighted by atomic mass is 16.5. The van der Waals surface area contributed by atoms with E-state index in [1.165, 1.54) is 19.3 Å². The summed E-state index contributed by atoms with van der Waals surface area (Å²) in [4.78, 5) is 21.9. The van der Waals surface area contributed by atoms with Crippen molar-refractivity contribution in [1.29, 1.82) is 0 Å². The fraction of sp³-hybridized carbons (Fsp3) is 0.846. The van der Waals surface area contributed by atoms with Crippen LogP contribution in [0.2, 0.25) is 0 Å². The first kappa shape index (κ1) is 15.8. The van der Waals surface area contributed by atoms with Crippen LogP contribution < -0.4 is 10.6 Å². The molecule has 0 saturated heterocycles. The van der Waals surface area contributed by atoms with Crippen molar-refractivity contribution in [3.63, 3.8) is 0 Å². The molecule has 0 radical (unpaired) electrons. The topological polar surface area (TPSA) is 87.7 Å². The summed E-state index contributed by atoms with van der Waals surface area (Å²) in [5, 5.41) is 14.0. The molecule has 3 N–H and O–H groups in total. The van der Waals surface area contributed by atoms with Gasteiger partial charge in [0.15, 0.2) is 0 Å². The number of carboxylic acids is 1. The van der Waals surface area contributed by atoms with E-state index in [1.807, 2.05) is 0 Å². The van der Waals surface area contributed by atoms with Gasteiger partial charge in [0, 0.05) is 12.6 Å². The molecule has 1 rings (SSSR count). The summed E-state index contributed by atoms with van der Waals surface area (Å²) in [5.41, 5.74) is 0. The van der Waals surface area contributed by atoms with Crippen molar-refractivity contribution in [2.75, 3.05) is 19.8 Å². The van der Waals surface area contributed by atoms with E-state index < -0.39 is 5.97 Å². The fourth-order valence-corrected chi connectivity index (χ4v) is 2.50. The molecule has 0 aromatic rings. The number of urea groups is 1. The Bertz CT molecular complexity index is 296. The highest BCUT2D eigenvalue weighted by molar-refractivity contribution is 5.74. The smallest absolute Gasteiger partial charge is 0.329 e. The second-order valence-electron chi connectivity index (χ2n) is 4.91. The summed E-state index contributed by atoms with van der Waals surface area (Å²) in [6, 6.07) is 0.0722. The first-order valence-corrected chi connectivity index (χ1v) is 6.97. The number of carboxylic acid groups (broad SMARTS) is 1. The molecule has 110 valence electrons. The normalized spacial score (nSPS) is 22.8. The van der Waals surface area contributed by atoms with Crippen LogP contribution >= 0.6 is 0 Å². The number of nitrogens with one attached hydrogen (secondary N) is 2. The predicted octanol–water partition coefficient (Wildman–Crippen LogP) is 1.36. The van der Waals surface area contributed by atoms with Crippen molar-refractivity contribution in [1.82, 2.24) is 10.6 Å². The Morgan fingerprint density at radius 3 is 2.74 bits per heavy atom. The first-order valence-electron chi connectivity index (χ1n) is 6.97. The second kappa shape index (κ2) is 8.74. The van der Waals surface area contributed by atoms with Gasteiger partial charge in [-0.3, -0.25) is 0 Å². The quantitative estimate of drug-likeness (QED) is 0.611. The summed E-state index contributed by atoms with van der Waals surface area (Å²) < 4.78 is 4.84. The molecule has 0 aromatic heterocycles. The van der Waals surface area contributed by atoms with Gasteiger partial charge in [-0.1, -0.05) is 26.2 Å². The number of carbonyl (C=O) groups excluding carboxylic acids is 1. The van der Waals surface area contributed by atoms with Crippen molar-refractivity contribution in [2.45, 2.75) is 45.1 Å². The Hall–Kier alpha value is -1.30. The molecule has 2 unspecified atom stereocenters. The molecule has 19 heavy (non-hydrogen) atoms. The van der Waals surface area contributed by atoms with Crippen LogP contribution in [-0.4, -0.2) is 42.9 Å². The molecule has 0 aliphatic heterocycles. The van der Waals surface area contributed by atoms with Crippen molar-refractivity contribution >= 4 is 12.0 Å². The predicted molar refractivity (Wildman–Crippen MR) is 71.0 cm³/mol. The zero-order chi connectivity index (χ0) is 14.1. The van der Waals surface area contributed by atoms with Gasteiger partial charge in [-0.2, -0.15) is 0 Å². The van der Waals surface area contributed by atoms with E-state index in [0.717, 1.165) is 12.8 Å². The van der Waals surface area contributed by atoms with Crippen molar-refractivity contribution in [3.8, 4) is 0 Å². The SMILES string of the molecule is CCC1CCCCC1NC(=O)NCCOCC(=O)O. The number of ether oxygens (including phenoxy) is 1. The van der Waals surface area contributed by atoms with Crippen molar-refractivity contribution in [2.24, 2.45) is 5.92 Å². The Morgan fingerprint density at radius 1 is 1.32 bits per heavy atom. The lowest BCUT2D eigenvalue weighted by Gasteiger charge is -2.31. The third kappa shape index (κ3) is 6.42. The highest BCUT2D eigenvalue weighted by Crippen LogP contribution is 2.26. The lowest BCUT2D eigenvalue weighted by atomic mass is 9.83. The minimum atomic E-state index is -1.00. The van der Waals surface area contributed by atoms with Crippen LogP contribution in [0.4, 0.5) is 4.79 Å². The molecular formula is C13H24N2O4. The maximum Gasteiger partial charge on any atom is 0.329 e. The lowest BCUT2D eigenvalue weighted by Crippen LogP contribution is -2.47. The largest absolute Gasteiger partial charge is 0.480 e. The van der Waals surface area contributed by atoms with Crippen LogP contribution in [0.25, 0.3) is 0 Å². The number of hydrogen-bond donors (Lipinski definition) is 3. The summed E-state index contributed by atoms with van der Waals surface area (Å²) >= 11 is 0. The van der Waals surface area contributed by atoms with E-state index in [0.29, 0.717) is 12.5 Å². The van der Waals surface area contributed by atoms with Crippen LogP contribution in [0, 0.1) is 5.92 Å². The number of aliphatic carboxylic acids is 1. The van der Waals surface area contributed by atoms with E-state index >= 15 is 0 Å². The van der Waals surface area contributed by atoms with Crippen molar-refractivity contribution < 1.29 is 19.4 Å². The zero-order valence-electron chi connectivity index (χ0n) is 11.5. The summed E-state index contributed by atoms with van der Waals surface area (Å²) in [5.74, 6) is -0.430. The molecule has 1 aliphatic carbocycles. The molecule has 2 amide bonds. The molecule has 0 spiro atoms. The van der Waals surface area contributed by atoms with E-state index in [-0.39, 0.29) is 25.3 Å². The molecule has 0 heterocycles. The fourth-order valence-electron chi connectivity index (χ4n) is 2.50. The number of amides is 2. The monoisotopic (exact) mass is 272 g/mol. The standard InChI is InChI=1S/C13H24N2O4/c1-2-10-5-3-4-6-11(10)15-13(18)14-7-8-19-9-12(16)17/h10-11H,2-9H2,1H3,(H,16,17)(H2,14,15,18). The summed E-state index contributed by atoms with van der Waals surface area (Å²) in [7, 11) is 0. The summed E-state index contributed by atoms with van der Waals surface area (Å²) in [6.07, 6.45) is 5.74. The Kier molecular flexibility index (Phi) is 7.25. The summed E-state index contributed by atoms with van der Waals surface area (Å²) in [6.45, 7) is 2.36. The van der Waals surface area contributed by atoms with Gasteiger partial charge in [0.2, 0.25) is 0 Å². The van der Waals surface area contributed by atoms with Gasteiger partial charge in [0.25, 0.3) is 0 Å². The Labute approximate surface area is 113 Å². The van der Waals surface area contributed by atoms with Crippen LogP contribution in [0.15, 0.2) is 0 Å². The minimum Gasteiger partial charge on any atom is -0.480 e. The number of hydrogen-bond acceptors (Lipinski definition) is 3. The van der Waals surface area contributed by atoms with Gasteiger partial charge in [-0.15, -0.1) is 0 Å². The van der Waals surface area contributed by atoms with Gasteiger partial charge in [-0.25, -0.2) is 9.59 Å². The average molecular weight is 272 g/mol. The molecule has 6 nitrogen and oxygen atoms in total. The Balaban J connectivity index is 2.14. The molecule has 6 heteroatoms. The molecule has 1 fully saturated rings. The maximum absolute atomic E-state index is 11.7. The Morgan fingerprint density at radius 2 is 2.05 bits per heavy atom. The molecule has 1 aliphatic rings. The van der Waals surface area contributed by atoms with Gasteiger partial charge in [-0.05, 0) is 18.8 Å². The number of carbonyl (C=O) groups is 2. The van der Waals surface area contributed by atoms with Gasteiger partial charge >= 0.3 is 12.0 Å². The lowest BCUT2D eigenvalue weighted by molar-refractivity contribution is -0.142. The van der Waals surface area contributed by atoms with E-state index in [1.54, 1.807) is 0 Å². The van der Waals surface area contributed by atoms with Gasteiger partial charge in [0.1, 0.15) is 6.61 Å². The second-order valence-corrected chi connectivity index (χ2v) is 4.91. The van der Waals surface area contributed by atoms with E-state index in [4.69, 9.17) is 9.84 Å². The van der Waals surface area contributed by atoms with Crippen molar-refractivity contribution in [3.05, 3.63) is 0 Å². The van der Waals surface area contributed by atoms with Crippen LogP contribution in [-0.2, 0) is 9.53 Å². The molecule has 0 aromatic carbocycles. The third-order valence-corrected chi connectivity index (χ3v) is 3.51. The maximum atomic E-state index is 11.7. The van der Waals surface area contributed by atoms with Gasteiger partial charge < -0.3 is 20.5 Å². The van der Waals surface area contributed by atoms with E-state index in [9.17, 15) is 9.59 Å². The average Bonchev–Trinajstić information content (AvgIpc) is 2.38. The third-order valence-electron chi connectivity index (χ3n) is 3.51. The minimum absolute atomic E-state index is 0.190. The zero-order valence-corrected chi connectivity index (χ0v) is 11.5. The molecule has 1 saturated carbocycles. The molecular weight excluding hydrogens is 248 g/mol. The van der Waals surface area contributed by atoms with E-state index in [2.05, 4.69) is 17.6 Å². The number of rotatable bonds is 7. The van der Waals surface area contributed by atoms with Crippen LogP contribution in [0.1, 0.15) is 39.0 Å². The molecule has 0 bridgehead atoms. The van der Waals surface area contributed by atoms with Gasteiger partial charge in [0.05, 0.1) is 6.61 Å². The highest BCUT2D eigenvalue weighted by Gasteiger charge is 2.24. The van der Waals surface area contributed by atoms with Crippen LogP contribution in [0.5, 0.6) is 0 Å². The first-order chi connectivity index (χ1) is 9.13. The van der Waals surface area contributed by atoms with Crippen LogP contribution in [0.3, 0.4) is 0 Å².